The lowest BCUT2D eigenvalue weighted by Gasteiger charge is -2.32. The van der Waals surface area contributed by atoms with Crippen molar-refractivity contribution in [3.05, 3.63) is 56.3 Å². The number of carbonyl (C=O) groups is 1. The zero-order chi connectivity index (χ0) is 19.2. The molecule has 3 rings (SSSR count). The minimum absolute atomic E-state index is 0.146. The molecule has 0 bridgehead atoms. The lowest BCUT2D eigenvalue weighted by Crippen LogP contribution is -2.40. The van der Waals surface area contributed by atoms with E-state index in [-0.39, 0.29) is 22.9 Å². The summed E-state index contributed by atoms with van der Waals surface area (Å²) in [5.74, 6) is 0.236. The molecule has 1 aliphatic heterocycles. The predicted molar refractivity (Wildman–Crippen MR) is 104 cm³/mol. The molecule has 1 aliphatic rings. The van der Waals surface area contributed by atoms with E-state index in [1.165, 1.54) is 24.1 Å². The molecule has 1 atom stereocenters. The summed E-state index contributed by atoms with van der Waals surface area (Å²) in [5, 5.41) is 16.1. The Labute approximate surface area is 162 Å². The maximum atomic E-state index is 12.4. The largest absolute Gasteiger partial charge is 0.490 e. The first-order valence-corrected chi connectivity index (χ1v) is 9.80. The Morgan fingerprint density at radius 3 is 3.00 bits per heavy atom. The topological polar surface area (TPSA) is 84.7 Å². The SMILES string of the molecule is COc1ccc(C(=O)NCC2CCCN(Cc3cccs3)C2)cc1[N+](=O)[O-]. The number of methoxy groups -OCH3 is 1. The van der Waals surface area contributed by atoms with Crippen molar-refractivity contribution >= 4 is 22.9 Å². The second-order valence-corrected chi connectivity index (χ2v) is 7.71. The van der Waals surface area contributed by atoms with E-state index < -0.39 is 4.92 Å². The molecule has 1 N–H and O–H groups in total. The van der Waals surface area contributed by atoms with Crippen molar-refractivity contribution in [2.45, 2.75) is 19.4 Å². The van der Waals surface area contributed by atoms with E-state index >= 15 is 0 Å². The van der Waals surface area contributed by atoms with E-state index in [4.69, 9.17) is 4.74 Å². The summed E-state index contributed by atoms with van der Waals surface area (Å²) >= 11 is 1.76. The second kappa shape index (κ2) is 8.96. The summed E-state index contributed by atoms with van der Waals surface area (Å²) in [6.45, 7) is 3.54. The third-order valence-electron chi connectivity index (χ3n) is 4.75. The molecule has 1 aromatic carbocycles. The highest BCUT2D eigenvalue weighted by Gasteiger charge is 2.22. The molecule has 144 valence electrons. The molecule has 2 heterocycles. The molecule has 1 fully saturated rings. The lowest BCUT2D eigenvalue weighted by atomic mass is 9.97. The fourth-order valence-electron chi connectivity index (χ4n) is 3.40. The molecule has 0 radical (unpaired) electrons. The minimum Gasteiger partial charge on any atom is -0.490 e. The van der Waals surface area contributed by atoms with Crippen molar-refractivity contribution in [1.82, 2.24) is 10.2 Å². The number of amides is 1. The third-order valence-corrected chi connectivity index (χ3v) is 5.61. The number of benzene rings is 1. The Morgan fingerprint density at radius 1 is 1.44 bits per heavy atom. The van der Waals surface area contributed by atoms with Gasteiger partial charge in [0.15, 0.2) is 5.75 Å². The van der Waals surface area contributed by atoms with Gasteiger partial charge in [0.2, 0.25) is 0 Å². The van der Waals surface area contributed by atoms with Gasteiger partial charge >= 0.3 is 5.69 Å². The third kappa shape index (κ3) is 5.05. The van der Waals surface area contributed by atoms with Gasteiger partial charge in [-0.25, -0.2) is 0 Å². The zero-order valence-corrected chi connectivity index (χ0v) is 16.0. The fourth-order valence-corrected chi connectivity index (χ4v) is 4.14. The molecule has 0 saturated carbocycles. The van der Waals surface area contributed by atoms with Gasteiger partial charge < -0.3 is 10.1 Å². The van der Waals surface area contributed by atoms with E-state index in [9.17, 15) is 14.9 Å². The number of rotatable bonds is 7. The van der Waals surface area contributed by atoms with Gasteiger partial charge in [0, 0.05) is 36.1 Å². The van der Waals surface area contributed by atoms with Crippen LogP contribution in [-0.4, -0.2) is 42.5 Å². The summed E-state index contributed by atoms with van der Waals surface area (Å²) < 4.78 is 4.97. The van der Waals surface area contributed by atoms with Crippen LogP contribution in [0.25, 0.3) is 0 Å². The number of nitrogens with one attached hydrogen (secondary N) is 1. The number of piperidine rings is 1. The van der Waals surface area contributed by atoms with Crippen LogP contribution in [0.5, 0.6) is 5.75 Å². The number of likely N-dealkylation sites (tertiary alicyclic amines) is 1. The van der Waals surface area contributed by atoms with Crippen LogP contribution in [0.4, 0.5) is 5.69 Å². The number of nitrogens with zero attached hydrogens (tertiary/aromatic N) is 2. The Balaban J connectivity index is 1.55. The van der Waals surface area contributed by atoms with E-state index in [1.807, 2.05) is 0 Å². The molecule has 0 aliphatic carbocycles. The Morgan fingerprint density at radius 2 is 2.30 bits per heavy atom. The Bertz CT molecular complexity index is 794. The molecule has 27 heavy (non-hydrogen) atoms. The van der Waals surface area contributed by atoms with Crippen LogP contribution in [0.15, 0.2) is 35.7 Å². The van der Waals surface area contributed by atoms with Crippen molar-refractivity contribution in [1.29, 1.82) is 0 Å². The maximum Gasteiger partial charge on any atom is 0.311 e. The van der Waals surface area contributed by atoms with E-state index in [0.717, 1.165) is 32.5 Å². The van der Waals surface area contributed by atoms with Gasteiger partial charge in [-0.05, 0) is 48.9 Å². The summed E-state index contributed by atoms with van der Waals surface area (Å²) in [6.07, 6.45) is 2.18. The number of hydrogen-bond acceptors (Lipinski definition) is 6. The smallest absolute Gasteiger partial charge is 0.311 e. The molecule has 1 aromatic heterocycles. The standard InChI is InChI=1S/C19H23N3O4S/c1-26-18-7-6-15(10-17(18)22(24)25)19(23)20-11-14-4-2-8-21(12-14)13-16-5-3-9-27-16/h3,5-7,9-10,14H,2,4,8,11-13H2,1H3,(H,20,23). The fraction of sp³-hybridized carbons (Fsp3) is 0.421. The summed E-state index contributed by atoms with van der Waals surface area (Å²) in [6, 6.07) is 8.47. The number of nitro benzene ring substituents is 1. The number of nitro groups is 1. The molecular weight excluding hydrogens is 366 g/mol. The average molecular weight is 389 g/mol. The molecule has 0 spiro atoms. The second-order valence-electron chi connectivity index (χ2n) is 6.68. The lowest BCUT2D eigenvalue weighted by molar-refractivity contribution is -0.385. The maximum absolute atomic E-state index is 12.4. The number of carbonyl (C=O) groups excluding carboxylic acids is 1. The van der Waals surface area contributed by atoms with Crippen LogP contribution in [0.3, 0.4) is 0 Å². The summed E-state index contributed by atoms with van der Waals surface area (Å²) in [4.78, 5) is 26.8. The monoisotopic (exact) mass is 389 g/mol. The van der Waals surface area contributed by atoms with Gasteiger partial charge in [-0.15, -0.1) is 11.3 Å². The molecule has 1 unspecified atom stereocenters. The van der Waals surface area contributed by atoms with Gasteiger partial charge in [-0.1, -0.05) is 6.07 Å². The first-order chi connectivity index (χ1) is 13.1. The predicted octanol–water partition coefficient (Wildman–Crippen LogP) is 3.31. The van der Waals surface area contributed by atoms with E-state index in [1.54, 1.807) is 17.4 Å². The Hall–Kier alpha value is -2.45. The number of ether oxygens (including phenoxy) is 1. The van der Waals surface area contributed by atoms with Gasteiger partial charge in [0.25, 0.3) is 5.91 Å². The van der Waals surface area contributed by atoms with Crippen molar-refractivity contribution in [3.63, 3.8) is 0 Å². The quantitative estimate of drug-likeness (QED) is 0.580. The van der Waals surface area contributed by atoms with Crippen molar-refractivity contribution in [2.24, 2.45) is 5.92 Å². The molecular formula is C19H23N3O4S. The van der Waals surface area contributed by atoms with Crippen molar-refractivity contribution < 1.29 is 14.5 Å². The van der Waals surface area contributed by atoms with Gasteiger partial charge in [-0.3, -0.25) is 19.8 Å². The normalized spacial score (nSPS) is 17.4. The van der Waals surface area contributed by atoms with Crippen LogP contribution in [-0.2, 0) is 6.54 Å². The molecule has 1 saturated heterocycles. The highest BCUT2D eigenvalue weighted by atomic mass is 32.1. The molecule has 2 aromatic rings. The van der Waals surface area contributed by atoms with Crippen LogP contribution >= 0.6 is 11.3 Å². The van der Waals surface area contributed by atoms with Crippen LogP contribution in [0.2, 0.25) is 0 Å². The molecule has 8 heteroatoms. The first-order valence-electron chi connectivity index (χ1n) is 8.92. The van der Waals surface area contributed by atoms with Gasteiger partial charge in [-0.2, -0.15) is 0 Å². The van der Waals surface area contributed by atoms with Crippen molar-refractivity contribution in [3.8, 4) is 5.75 Å². The summed E-state index contributed by atoms with van der Waals surface area (Å²) in [5.41, 5.74) is 0.0682. The van der Waals surface area contributed by atoms with Crippen molar-refractivity contribution in [2.75, 3.05) is 26.7 Å². The minimum atomic E-state index is -0.542. The Kier molecular flexibility index (Phi) is 6.41. The number of thiophene rings is 1. The van der Waals surface area contributed by atoms with E-state index in [0.29, 0.717) is 12.5 Å². The van der Waals surface area contributed by atoms with Crippen LogP contribution in [0, 0.1) is 16.0 Å². The zero-order valence-electron chi connectivity index (χ0n) is 15.2. The highest BCUT2D eigenvalue weighted by molar-refractivity contribution is 7.09. The number of hydrogen-bond donors (Lipinski definition) is 1. The van der Waals surface area contributed by atoms with Crippen LogP contribution in [0.1, 0.15) is 28.1 Å². The molecule has 1 amide bonds. The molecule has 7 nitrogen and oxygen atoms in total. The van der Waals surface area contributed by atoms with Gasteiger partial charge in [0.05, 0.1) is 12.0 Å². The van der Waals surface area contributed by atoms with Gasteiger partial charge in [0.1, 0.15) is 0 Å². The summed E-state index contributed by atoms with van der Waals surface area (Å²) in [7, 11) is 1.37. The first kappa shape index (κ1) is 19.3. The van der Waals surface area contributed by atoms with Crippen LogP contribution < -0.4 is 10.1 Å². The van der Waals surface area contributed by atoms with E-state index in [2.05, 4.69) is 27.7 Å². The highest BCUT2D eigenvalue weighted by Crippen LogP contribution is 2.27. The average Bonchev–Trinajstić information content (AvgIpc) is 3.18.